The summed E-state index contributed by atoms with van der Waals surface area (Å²) in [7, 11) is 1.65. The molecule has 0 saturated carbocycles. The van der Waals surface area contributed by atoms with Gasteiger partial charge in [0.25, 0.3) is 5.91 Å². The number of amides is 1. The van der Waals surface area contributed by atoms with Gasteiger partial charge in [0.05, 0.1) is 23.0 Å². The highest BCUT2D eigenvalue weighted by Gasteiger charge is 2.34. The Morgan fingerprint density at radius 2 is 2.00 bits per heavy atom. The topological polar surface area (TPSA) is 41.6 Å². The van der Waals surface area contributed by atoms with Crippen LogP contribution in [0.25, 0.3) is 10.4 Å². The highest BCUT2D eigenvalue weighted by Crippen LogP contribution is 2.38. The Morgan fingerprint density at radius 3 is 2.62 bits per heavy atom. The first-order valence-electron chi connectivity index (χ1n) is 8.53. The molecule has 4 nitrogen and oxygen atoms in total. The third-order valence-corrected chi connectivity index (χ3v) is 6.29. The van der Waals surface area contributed by atoms with E-state index < -0.39 is 0 Å². The Morgan fingerprint density at radius 1 is 1.25 bits per heavy atom. The van der Waals surface area contributed by atoms with Crippen LogP contribution < -0.4 is 10.1 Å². The predicted molar refractivity (Wildman–Crippen MR) is 96.5 cm³/mol. The fraction of sp³-hybridized carbons (Fsp3) is 0.421. The van der Waals surface area contributed by atoms with Crippen LogP contribution in [0.3, 0.4) is 0 Å². The molecule has 1 unspecified atom stereocenters. The van der Waals surface area contributed by atoms with E-state index in [2.05, 4.69) is 10.2 Å². The minimum absolute atomic E-state index is 0.0121. The molecule has 24 heavy (non-hydrogen) atoms. The maximum Gasteiger partial charge on any atom is 0.262 e. The molecule has 5 rings (SSSR count). The molecule has 4 heterocycles. The van der Waals surface area contributed by atoms with Crippen LogP contribution in [0.1, 0.15) is 28.9 Å². The highest BCUT2D eigenvalue weighted by atomic mass is 32.1. The molecule has 2 bridgehead atoms. The third kappa shape index (κ3) is 2.94. The van der Waals surface area contributed by atoms with E-state index in [1.165, 1.54) is 24.2 Å². The summed E-state index contributed by atoms with van der Waals surface area (Å²) >= 11 is 1.50. The van der Waals surface area contributed by atoms with Crippen LogP contribution >= 0.6 is 11.3 Å². The van der Waals surface area contributed by atoms with Crippen molar-refractivity contribution < 1.29 is 9.53 Å². The largest absolute Gasteiger partial charge is 0.495 e. The lowest BCUT2D eigenvalue weighted by Crippen LogP contribution is -2.56. The van der Waals surface area contributed by atoms with E-state index in [-0.39, 0.29) is 12.1 Å². The van der Waals surface area contributed by atoms with Crippen LogP contribution in [0.5, 0.6) is 5.75 Å². The Kier molecular flexibility index (Phi) is 4.29. The number of benzene rings is 1. The van der Waals surface area contributed by atoms with Crippen LogP contribution in [0.2, 0.25) is 0 Å². The molecule has 3 saturated heterocycles. The number of rotatable bonds is 4. The van der Waals surface area contributed by atoms with Gasteiger partial charge >= 0.3 is 0 Å². The zero-order valence-corrected chi connectivity index (χ0v) is 14.6. The molecular weight excluding hydrogens is 320 g/mol. The molecule has 3 fully saturated rings. The monoisotopic (exact) mass is 342 g/mol. The van der Waals surface area contributed by atoms with Crippen LogP contribution in [0, 0.1) is 5.92 Å². The lowest BCUT2D eigenvalue weighted by atomic mass is 9.86. The number of hydrogen-bond acceptors (Lipinski definition) is 4. The molecule has 1 aromatic carbocycles. The van der Waals surface area contributed by atoms with Gasteiger partial charge in [0.15, 0.2) is 0 Å². The first-order chi connectivity index (χ1) is 11.7. The summed E-state index contributed by atoms with van der Waals surface area (Å²) in [5.41, 5.74) is 1.08. The zero-order chi connectivity index (χ0) is 16.5. The van der Waals surface area contributed by atoms with Crippen molar-refractivity contribution in [3.05, 3.63) is 41.3 Å². The van der Waals surface area contributed by atoms with Crippen molar-refractivity contribution in [2.75, 3.05) is 20.2 Å². The number of methoxy groups -OCH3 is 1. The summed E-state index contributed by atoms with van der Waals surface area (Å²) in [6, 6.07) is 11.9. The second kappa shape index (κ2) is 6.57. The summed E-state index contributed by atoms with van der Waals surface area (Å²) in [6.07, 6.45) is 3.83. The van der Waals surface area contributed by atoms with Crippen LogP contribution in [0.4, 0.5) is 0 Å². The van der Waals surface area contributed by atoms with E-state index in [9.17, 15) is 4.79 Å². The Hall–Kier alpha value is -1.85. The van der Waals surface area contributed by atoms with E-state index in [1.54, 1.807) is 7.11 Å². The van der Waals surface area contributed by atoms with Crippen LogP contribution in [-0.2, 0) is 0 Å². The maximum absolute atomic E-state index is 12.7. The quantitative estimate of drug-likeness (QED) is 0.923. The molecule has 3 aliphatic rings. The molecule has 1 atom stereocenters. The Labute approximate surface area is 146 Å². The minimum atomic E-state index is 0.0121. The zero-order valence-electron chi connectivity index (χ0n) is 13.8. The van der Waals surface area contributed by atoms with Gasteiger partial charge in [0.2, 0.25) is 0 Å². The first kappa shape index (κ1) is 15.7. The number of nitrogens with zero attached hydrogens (tertiary/aromatic N) is 1. The smallest absolute Gasteiger partial charge is 0.262 e. The maximum atomic E-state index is 12.7. The Balaban J connectivity index is 1.54. The fourth-order valence-electron chi connectivity index (χ4n) is 3.77. The van der Waals surface area contributed by atoms with Gasteiger partial charge in [-0.2, -0.15) is 0 Å². The second-order valence-corrected chi connectivity index (χ2v) is 7.63. The van der Waals surface area contributed by atoms with Gasteiger partial charge in [-0.25, -0.2) is 0 Å². The van der Waals surface area contributed by atoms with E-state index in [0.717, 1.165) is 41.6 Å². The third-order valence-electron chi connectivity index (χ3n) is 5.12. The normalized spacial score (nSPS) is 25.5. The molecule has 5 heteroatoms. The number of ether oxygens (including phenoxy) is 1. The van der Waals surface area contributed by atoms with E-state index >= 15 is 0 Å². The second-order valence-electron chi connectivity index (χ2n) is 6.58. The molecule has 0 aliphatic carbocycles. The summed E-state index contributed by atoms with van der Waals surface area (Å²) in [5, 5.41) is 3.22. The molecule has 3 aliphatic heterocycles. The highest BCUT2D eigenvalue weighted by molar-refractivity contribution is 7.17. The van der Waals surface area contributed by atoms with Crippen molar-refractivity contribution in [1.29, 1.82) is 0 Å². The summed E-state index contributed by atoms with van der Waals surface area (Å²) in [4.78, 5) is 16.8. The van der Waals surface area contributed by atoms with E-state index in [0.29, 0.717) is 4.88 Å². The molecule has 0 radical (unpaired) electrons. The molecule has 2 aromatic rings. The lowest BCUT2D eigenvalue weighted by Gasteiger charge is -2.45. The summed E-state index contributed by atoms with van der Waals surface area (Å²) < 4.78 is 5.49. The summed E-state index contributed by atoms with van der Waals surface area (Å²) in [5.74, 6) is 1.55. The molecule has 1 amide bonds. The average Bonchev–Trinajstić information content (AvgIpc) is 3.08. The van der Waals surface area contributed by atoms with Crippen LogP contribution in [-0.4, -0.2) is 37.2 Å². The van der Waals surface area contributed by atoms with Crippen molar-refractivity contribution in [2.24, 2.45) is 5.92 Å². The molecule has 1 aromatic heterocycles. The number of carbonyl (C=O) groups excluding carboxylic acids is 1. The van der Waals surface area contributed by atoms with Crippen LogP contribution in [0.15, 0.2) is 36.4 Å². The standard InChI is InChI=1S/C19H22N2O2S/c1-23-15-12-16(24-18(15)14-5-3-2-4-6-14)19(22)20-17-11-13-7-9-21(17)10-8-13/h2-6,12-13,17H,7-11H2,1H3,(H,20,22). The Bertz CT molecular complexity index is 720. The van der Waals surface area contributed by atoms with Gasteiger partial charge in [-0.15, -0.1) is 11.3 Å². The minimum Gasteiger partial charge on any atom is -0.495 e. The van der Waals surface area contributed by atoms with Crippen molar-refractivity contribution in [3.63, 3.8) is 0 Å². The number of piperidine rings is 3. The van der Waals surface area contributed by atoms with Gasteiger partial charge in [0.1, 0.15) is 5.75 Å². The number of nitrogens with one attached hydrogen (secondary N) is 1. The molecule has 126 valence electrons. The van der Waals surface area contributed by atoms with Crippen molar-refractivity contribution in [1.82, 2.24) is 10.2 Å². The van der Waals surface area contributed by atoms with Crippen molar-refractivity contribution in [3.8, 4) is 16.2 Å². The van der Waals surface area contributed by atoms with Crippen molar-refractivity contribution in [2.45, 2.75) is 25.4 Å². The number of hydrogen-bond donors (Lipinski definition) is 1. The number of fused-ring (bicyclic) bond motifs is 3. The van der Waals surface area contributed by atoms with Gasteiger partial charge < -0.3 is 10.1 Å². The SMILES string of the molecule is COc1cc(C(=O)NC2CC3CCN2CC3)sc1-c1ccccc1. The lowest BCUT2D eigenvalue weighted by molar-refractivity contribution is 0.0296. The summed E-state index contributed by atoms with van der Waals surface area (Å²) in [6.45, 7) is 2.22. The van der Waals surface area contributed by atoms with Crippen molar-refractivity contribution >= 4 is 17.2 Å². The predicted octanol–water partition coefficient (Wildman–Crippen LogP) is 3.60. The number of thiophene rings is 1. The molecule has 1 N–H and O–H groups in total. The van der Waals surface area contributed by atoms with Gasteiger partial charge in [-0.05, 0) is 30.7 Å². The van der Waals surface area contributed by atoms with Gasteiger partial charge in [-0.3, -0.25) is 9.69 Å². The first-order valence-corrected chi connectivity index (χ1v) is 9.34. The van der Waals surface area contributed by atoms with Gasteiger partial charge in [0, 0.05) is 19.2 Å². The van der Waals surface area contributed by atoms with E-state index in [4.69, 9.17) is 4.74 Å². The fourth-order valence-corrected chi connectivity index (χ4v) is 4.80. The van der Waals surface area contributed by atoms with E-state index in [1.807, 2.05) is 36.4 Å². The van der Waals surface area contributed by atoms with Gasteiger partial charge in [-0.1, -0.05) is 30.3 Å². The number of carbonyl (C=O) groups is 1. The average molecular weight is 342 g/mol. The molecular formula is C19H22N2O2S. The molecule has 0 spiro atoms.